The quantitative estimate of drug-likeness (QED) is 0.721. The maximum absolute atomic E-state index is 12.4. The number of aryl methyl sites for hydroxylation is 1. The number of hydrogen-bond acceptors (Lipinski definition) is 4. The summed E-state index contributed by atoms with van der Waals surface area (Å²) in [5, 5.41) is 2.91. The summed E-state index contributed by atoms with van der Waals surface area (Å²) >= 11 is 0. The van der Waals surface area contributed by atoms with Gasteiger partial charge < -0.3 is 10.2 Å². The lowest BCUT2D eigenvalue weighted by Gasteiger charge is -2.36. The van der Waals surface area contributed by atoms with Crippen LogP contribution in [0.3, 0.4) is 0 Å². The highest BCUT2D eigenvalue weighted by molar-refractivity contribution is 6.03. The van der Waals surface area contributed by atoms with Crippen molar-refractivity contribution in [3.05, 3.63) is 89.7 Å². The number of nitrogens with zero attached hydrogens (tertiary/aromatic N) is 3. The number of pyridine rings is 1. The van der Waals surface area contributed by atoms with Gasteiger partial charge >= 0.3 is 0 Å². The normalized spacial score (nSPS) is 14.6. The molecule has 148 valence electrons. The molecule has 0 atom stereocenters. The fourth-order valence-electron chi connectivity index (χ4n) is 3.63. The highest BCUT2D eigenvalue weighted by Crippen LogP contribution is 2.18. The van der Waals surface area contributed by atoms with Gasteiger partial charge in [0.05, 0.1) is 11.9 Å². The first-order valence-electron chi connectivity index (χ1n) is 10.0. The average molecular weight is 386 g/mol. The molecule has 5 nitrogen and oxygen atoms in total. The van der Waals surface area contributed by atoms with Gasteiger partial charge in [-0.1, -0.05) is 42.5 Å². The Hall–Kier alpha value is -3.18. The van der Waals surface area contributed by atoms with E-state index in [0.717, 1.165) is 49.7 Å². The number of aromatic nitrogens is 1. The first kappa shape index (κ1) is 19.2. The van der Waals surface area contributed by atoms with Crippen molar-refractivity contribution in [2.75, 3.05) is 36.4 Å². The Morgan fingerprint density at radius 1 is 0.966 bits per heavy atom. The molecule has 4 rings (SSSR count). The summed E-state index contributed by atoms with van der Waals surface area (Å²) in [6.07, 6.45) is 1.80. The van der Waals surface area contributed by atoms with E-state index in [9.17, 15) is 4.79 Å². The first-order chi connectivity index (χ1) is 14.2. The van der Waals surface area contributed by atoms with Crippen LogP contribution in [-0.2, 0) is 6.54 Å². The first-order valence-corrected chi connectivity index (χ1v) is 10.0. The number of piperazine rings is 1. The van der Waals surface area contributed by atoms with Crippen LogP contribution in [0.25, 0.3) is 0 Å². The van der Waals surface area contributed by atoms with Crippen molar-refractivity contribution in [2.45, 2.75) is 13.5 Å². The minimum atomic E-state index is -0.185. The van der Waals surface area contributed by atoms with E-state index in [1.807, 2.05) is 37.3 Å². The number of anilines is 2. The molecule has 3 aromatic rings. The molecule has 0 saturated carbocycles. The van der Waals surface area contributed by atoms with Crippen molar-refractivity contribution in [3.8, 4) is 0 Å². The van der Waals surface area contributed by atoms with Crippen LogP contribution < -0.4 is 10.2 Å². The predicted molar refractivity (Wildman–Crippen MR) is 117 cm³/mol. The number of carbonyl (C=O) groups excluding carboxylic acids is 1. The van der Waals surface area contributed by atoms with Crippen LogP contribution in [-0.4, -0.2) is 42.0 Å². The lowest BCUT2D eigenvalue weighted by atomic mass is 10.2. The van der Waals surface area contributed by atoms with Gasteiger partial charge in [-0.2, -0.15) is 0 Å². The van der Waals surface area contributed by atoms with E-state index >= 15 is 0 Å². The Balaban J connectivity index is 1.32. The van der Waals surface area contributed by atoms with E-state index in [1.54, 1.807) is 12.3 Å². The Labute approximate surface area is 172 Å². The summed E-state index contributed by atoms with van der Waals surface area (Å²) in [7, 11) is 0. The van der Waals surface area contributed by atoms with Crippen LogP contribution in [0.15, 0.2) is 72.9 Å². The van der Waals surface area contributed by atoms with Gasteiger partial charge in [0.2, 0.25) is 0 Å². The van der Waals surface area contributed by atoms with E-state index < -0.39 is 0 Å². The second-order valence-electron chi connectivity index (χ2n) is 7.47. The van der Waals surface area contributed by atoms with Gasteiger partial charge in [0.25, 0.3) is 5.91 Å². The minimum Gasteiger partial charge on any atom is -0.368 e. The zero-order valence-corrected chi connectivity index (χ0v) is 16.7. The van der Waals surface area contributed by atoms with Crippen LogP contribution in [0.4, 0.5) is 11.4 Å². The second kappa shape index (κ2) is 8.88. The number of benzene rings is 2. The van der Waals surface area contributed by atoms with Crippen molar-refractivity contribution >= 4 is 17.3 Å². The Bertz CT molecular complexity index is 948. The smallest absolute Gasteiger partial charge is 0.274 e. The number of carbonyl (C=O) groups is 1. The van der Waals surface area contributed by atoms with Crippen LogP contribution in [0.1, 0.15) is 21.6 Å². The van der Waals surface area contributed by atoms with E-state index in [0.29, 0.717) is 5.69 Å². The molecule has 0 spiro atoms. The summed E-state index contributed by atoms with van der Waals surface area (Å²) in [6, 6.07) is 22.1. The van der Waals surface area contributed by atoms with E-state index in [-0.39, 0.29) is 5.91 Å². The molecule has 2 aromatic carbocycles. The van der Waals surface area contributed by atoms with Gasteiger partial charge in [-0.25, -0.2) is 4.98 Å². The average Bonchev–Trinajstić information content (AvgIpc) is 2.75. The summed E-state index contributed by atoms with van der Waals surface area (Å²) in [4.78, 5) is 21.6. The molecule has 0 bridgehead atoms. The molecule has 1 aliphatic rings. The van der Waals surface area contributed by atoms with Gasteiger partial charge in [0, 0.05) is 38.4 Å². The highest BCUT2D eigenvalue weighted by atomic mass is 16.1. The van der Waals surface area contributed by atoms with Gasteiger partial charge in [-0.3, -0.25) is 9.69 Å². The molecule has 29 heavy (non-hydrogen) atoms. The molecule has 0 unspecified atom stereocenters. The minimum absolute atomic E-state index is 0.185. The summed E-state index contributed by atoms with van der Waals surface area (Å²) in [6.45, 7) is 6.95. The standard InChI is InChI=1S/C24H26N4O/c1-19-6-5-9-21(16-19)26-24(29)23-11-10-22(17-25-23)28-14-12-27(13-15-28)18-20-7-3-2-4-8-20/h2-11,16-17H,12-15,18H2,1H3,(H,26,29). The van der Waals surface area contributed by atoms with E-state index in [1.165, 1.54) is 5.56 Å². The maximum atomic E-state index is 12.4. The lowest BCUT2D eigenvalue weighted by Crippen LogP contribution is -2.46. The largest absolute Gasteiger partial charge is 0.368 e. The zero-order valence-electron chi connectivity index (χ0n) is 16.7. The highest BCUT2D eigenvalue weighted by Gasteiger charge is 2.18. The third-order valence-corrected chi connectivity index (χ3v) is 5.24. The molecular weight excluding hydrogens is 360 g/mol. The number of rotatable bonds is 5. The van der Waals surface area contributed by atoms with Crippen LogP contribution in [0.5, 0.6) is 0 Å². The zero-order chi connectivity index (χ0) is 20.1. The van der Waals surface area contributed by atoms with Crippen LogP contribution in [0.2, 0.25) is 0 Å². The molecule has 1 saturated heterocycles. The van der Waals surface area contributed by atoms with E-state index in [4.69, 9.17) is 0 Å². The Morgan fingerprint density at radius 2 is 1.76 bits per heavy atom. The molecule has 0 radical (unpaired) electrons. The molecule has 5 heteroatoms. The van der Waals surface area contributed by atoms with Crippen LogP contribution >= 0.6 is 0 Å². The number of amides is 1. The van der Waals surface area contributed by atoms with Crippen molar-refractivity contribution in [1.82, 2.24) is 9.88 Å². The molecule has 1 N–H and O–H groups in total. The Morgan fingerprint density at radius 3 is 2.45 bits per heavy atom. The molecular formula is C24H26N4O. The Kier molecular flexibility index (Phi) is 5.86. The topological polar surface area (TPSA) is 48.5 Å². The van der Waals surface area contributed by atoms with Gasteiger partial charge in [0.1, 0.15) is 5.69 Å². The van der Waals surface area contributed by atoms with Crippen LogP contribution in [0, 0.1) is 6.92 Å². The third kappa shape index (κ3) is 5.00. The molecule has 1 aliphatic heterocycles. The number of hydrogen-bond donors (Lipinski definition) is 1. The molecule has 2 heterocycles. The van der Waals surface area contributed by atoms with Crippen molar-refractivity contribution in [1.29, 1.82) is 0 Å². The molecule has 1 aromatic heterocycles. The van der Waals surface area contributed by atoms with Gasteiger partial charge in [-0.15, -0.1) is 0 Å². The SMILES string of the molecule is Cc1cccc(NC(=O)c2ccc(N3CCN(Cc4ccccc4)CC3)cn2)c1. The van der Waals surface area contributed by atoms with Gasteiger partial charge in [0.15, 0.2) is 0 Å². The summed E-state index contributed by atoms with van der Waals surface area (Å²) in [5.41, 5.74) is 4.74. The van der Waals surface area contributed by atoms with Crippen molar-refractivity contribution in [3.63, 3.8) is 0 Å². The maximum Gasteiger partial charge on any atom is 0.274 e. The molecule has 0 aliphatic carbocycles. The lowest BCUT2D eigenvalue weighted by molar-refractivity contribution is 0.102. The summed E-state index contributed by atoms with van der Waals surface area (Å²) < 4.78 is 0. The van der Waals surface area contributed by atoms with Gasteiger partial charge in [-0.05, 0) is 42.3 Å². The molecule has 1 amide bonds. The molecule has 1 fully saturated rings. The third-order valence-electron chi connectivity index (χ3n) is 5.24. The second-order valence-corrected chi connectivity index (χ2v) is 7.47. The monoisotopic (exact) mass is 386 g/mol. The van der Waals surface area contributed by atoms with Crippen molar-refractivity contribution in [2.24, 2.45) is 0 Å². The fraction of sp³-hybridized carbons (Fsp3) is 0.250. The van der Waals surface area contributed by atoms with E-state index in [2.05, 4.69) is 50.4 Å². The number of nitrogens with one attached hydrogen (secondary N) is 1. The van der Waals surface area contributed by atoms with Crippen molar-refractivity contribution < 1.29 is 4.79 Å². The fourth-order valence-corrected chi connectivity index (χ4v) is 3.63. The summed E-state index contributed by atoms with van der Waals surface area (Å²) in [5.74, 6) is -0.185. The predicted octanol–water partition coefficient (Wildman–Crippen LogP) is 3.96.